The molecule has 0 bridgehead atoms. The van der Waals surface area contributed by atoms with Gasteiger partial charge in [-0.25, -0.2) is 0 Å². The molecule has 0 radical (unpaired) electrons. The minimum atomic E-state index is -0.0319. The van der Waals surface area contributed by atoms with Gasteiger partial charge in [-0.05, 0) is 28.7 Å². The maximum absolute atomic E-state index is 11.4. The SMILES string of the molecule is COc1cc(Cl)c(C(=O)CBr)cc1I. The van der Waals surface area contributed by atoms with E-state index in [4.69, 9.17) is 16.3 Å². The molecule has 76 valence electrons. The number of alkyl halides is 1. The van der Waals surface area contributed by atoms with Crippen LogP contribution in [0.15, 0.2) is 12.1 Å². The zero-order chi connectivity index (χ0) is 10.7. The molecule has 0 aliphatic carbocycles. The number of ether oxygens (including phenoxy) is 1. The van der Waals surface area contributed by atoms with E-state index < -0.39 is 0 Å². The van der Waals surface area contributed by atoms with E-state index >= 15 is 0 Å². The van der Waals surface area contributed by atoms with Gasteiger partial charge in [-0.1, -0.05) is 27.5 Å². The van der Waals surface area contributed by atoms with Crippen LogP contribution in [0.3, 0.4) is 0 Å². The third kappa shape index (κ3) is 2.61. The molecule has 14 heavy (non-hydrogen) atoms. The van der Waals surface area contributed by atoms with E-state index in [1.807, 2.05) is 0 Å². The number of halogens is 3. The largest absolute Gasteiger partial charge is 0.496 e. The molecule has 2 nitrogen and oxygen atoms in total. The molecule has 0 fully saturated rings. The maximum atomic E-state index is 11.4. The van der Waals surface area contributed by atoms with Crippen LogP contribution in [0.25, 0.3) is 0 Å². The number of ketones is 1. The zero-order valence-electron chi connectivity index (χ0n) is 7.31. The van der Waals surface area contributed by atoms with Crippen LogP contribution in [-0.2, 0) is 0 Å². The Morgan fingerprint density at radius 2 is 2.29 bits per heavy atom. The fraction of sp³-hybridized carbons (Fsp3) is 0.222. The van der Waals surface area contributed by atoms with Crippen molar-refractivity contribution in [2.45, 2.75) is 0 Å². The first kappa shape index (κ1) is 12.3. The molecular weight excluding hydrogens is 382 g/mol. The van der Waals surface area contributed by atoms with Gasteiger partial charge < -0.3 is 4.74 Å². The second-order valence-electron chi connectivity index (χ2n) is 2.52. The van der Waals surface area contributed by atoms with Crippen LogP contribution in [0.1, 0.15) is 10.4 Å². The summed E-state index contributed by atoms with van der Waals surface area (Å²) in [5.74, 6) is 0.650. The Morgan fingerprint density at radius 3 is 2.79 bits per heavy atom. The fourth-order valence-electron chi connectivity index (χ4n) is 0.971. The topological polar surface area (TPSA) is 26.3 Å². The number of rotatable bonds is 3. The third-order valence-electron chi connectivity index (χ3n) is 1.66. The lowest BCUT2D eigenvalue weighted by Gasteiger charge is -2.07. The van der Waals surface area contributed by atoms with Crippen molar-refractivity contribution in [1.29, 1.82) is 0 Å². The van der Waals surface area contributed by atoms with Crippen molar-refractivity contribution in [2.75, 3.05) is 12.4 Å². The highest BCUT2D eigenvalue weighted by molar-refractivity contribution is 14.1. The van der Waals surface area contributed by atoms with Gasteiger partial charge in [0, 0.05) is 11.6 Å². The summed E-state index contributed by atoms with van der Waals surface area (Å²) in [4.78, 5) is 11.4. The standard InChI is InChI=1S/C9H7BrClIO2/c1-14-9-3-6(11)5(2-7(9)12)8(13)4-10/h2-3H,4H2,1H3. The second kappa shape index (κ2) is 5.32. The molecule has 0 saturated heterocycles. The van der Waals surface area contributed by atoms with Crippen molar-refractivity contribution >= 4 is 55.9 Å². The molecule has 0 N–H and O–H groups in total. The van der Waals surface area contributed by atoms with Crippen molar-refractivity contribution in [2.24, 2.45) is 0 Å². The van der Waals surface area contributed by atoms with E-state index in [9.17, 15) is 4.79 Å². The summed E-state index contributed by atoms with van der Waals surface area (Å²) in [5.41, 5.74) is 0.522. The Morgan fingerprint density at radius 1 is 1.64 bits per heavy atom. The summed E-state index contributed by atoms with van der Waals surface area (Å²) in [5, 5.41) is 0.696. The number of Topliss-reactive ketones (excluding diaryl/α,β-unsaturated/α-hetero) is 1. The first-order chi connectivity index (χ1) is 6.60. The number of benzene rings is 1. The van der Waals surface area contributed by atoms with E-state index in [2.05, 4.69) is 38.5 Å². The van der Waals surface area contributed by atoms with Crippen molar-refractivity contribution in [3.63, 3.8) is 0 Å². The van der Waals surface area contributed by atoms with E-state index in [1.54, 1.807) is 19.2 Å². The molecule has 0 atom stereocenters. The van der Waals surface area contributed by atoms with Gasteiger partial charge in [0.25, 0.3) is 0 Å². The molecule has 0 unspecified atom stereocenters. The molecular formula is C9H7BrClIO2. The van der Waals surface area contributed by atoms with E-state index in [0.29, 0.717) is 16.3 Å². The smallest absolute Gasteiger partial charge is 0.174 e. The lowest BCUT2D eigenvalue weighted by atomic mass is 10.1. The van der Waals surface area contributed by atoms with Crippen LogP contribution in [0.2, 0.25) is 5.02 Å². The molecule has 0 amide bonds. The zero-order valence-corrected chi connectivity index (χ0v) is 11.8. The number of hydrogen-bond acceptors (Lipinski definition) is 2. The molecule has 0 heterocycles. The summed E-state index contributed by atoms with van der Waals surface area (Å²) < 4.78 is 5.95. The van der Waals surface area contributed by atoms with Crippen LogP contribution < -0.4 is 4.74 Å². The van der Waals surface area contributed by atoms with Crippen LogP contribution >= 0.6 is 50.1 Å². The van der Waals surface area contributed by atoms with Gasteiger partial charge in [0.1, 0.15) is 5.75 Å². The monoisotopic (exact) mass is 388 g/mol. The van der Waals surface area contributed by atoms with Crippen molar-refractivity contribution < 1.29 is 9.53 Å². The lowest BCUT2D eigenvalue weighted by Crippen LogP contribution is -2.02. The molecule has 5 heteroatoms. The third-order valence-corrected chi connectivity index (χ3v) is 3.33. The lowest BCUT2D eigenvalue weighted by molar-refractivity contribution is 0.102. The summed E-state index contributed by atoms with van der Waals surface area (Å²) in [7, 11) is 1.57. The highest BCUT2D eigenvalue weighted by Crippen LogP contribution is 2.28. The molecule has 0 aliphatic rings. The quantitative estimate of drug-likeness (QED) is 0.449. The van der Waals surface area contributed by atoms with Crippen LogP contribution in [0.4, 0.5) is 0 Å². The molecule has 1 aromatic carbocycles. The molecule has 0 aromatic heterocycles. The number of carbonyl (C=O) groups excluding carboxylic acids is 1. The normalized spacial score (nSPS) is 10.0. The molecule has 1 aromatic rings. The number of hydrogen-bond donors (Lipinski definition) is 0. The highest BCUT2D eigenvalue weighted by Gasteiger charge is 2.12. The Labute approximate surface area is 109 Å². The van der Waals surface area contributed by atoms with Crippen molar-refractivity contribution in [1.82, 2.24) is 0 Å². The average molecular weight is 389 g/mol. The van der Waals surface area contributed by atoms with Gasteiger partial charge in [-0.2, -0.15) is 0 Å². The van der Waals surface area contributed by atoms with Gasteiger partial charge >= 0.3 is 0 Å². The van der Waals surface area contributed by atoms with Gasteiger partial charge in [-0.15, -0.1) is 0 Å². The van der Waals surface area contributed by atoms with E-state index in [-0.39, 0.29) is 11.1 Å². The molecule has 0 spiro atoms. The van der Waals surface area contributed by atoms with Crippen molar-refractivity contribution in [3.05, 3.63) is 26.3 Å². The number of methoxy groups -OCH3 is 1. The van der Waals surface area contributed by atoms with E-state index in [0.717, 1.165) is 3.57 Å². The molecule has 0 aliphatic heterocycles. The van der Waals surface area contributed by atoms with Crippen molar-refractivity contribution in [3.8, 4) is 5.75 Å². The highest BCUT2D eigenvalue weighted by atomic mass is 127. The first-order valence-electron chi connectivity index (χ1n) is 3.72. The van der Waals surface area contributed by atoms with Gasteiger partial charge in [0.05, 0.1) is 21.0 Å². The van der Waals surface area contributed by atoms with Gasteiger partial charge in [0.2, 0.25) is 0 Å². The maximum Gasteiger partial charge on any atom is 0.174 e. The summed E-state index contributed by atoms with van der Waals surface area (Å²) >= 11 is 11.1. The minimum absolute atomic E-state index is 0.0319. The average Bonchev–Trinajstić information content (AvgIpc) is 2.19. The minimum Gasteiger partial charge on any atom is -0.496 e. The summed E-state index contributed by atoms with van der Waals surface area (Å²) in [6.45, 7) is 0. The molecule has 0 saturated carbocycles. The Balaban J connectivity index is 3.21. The summed E-state index contributed by atoms with van der Waals surface area (Å²) in [6, 6.07) is 3.38. The van der Waals surface area contributed by atoms with Crippen LogP contribution in [-0.4, -0.2) is 18.2 Å². The van der Waals surface area contributed by atoms with Gasteiger partial charge in [-0.3, -0.25) is 4.79 Å². The van der Waals surface area contributed by atoms with Crippen LogP contribution in [0.5, 0.6) is 5.75 Å². The predicted octanol–water partition coefficient (Wildman–Crippen LogP) is 3.53. The predicted molar refractivity (Wildman–Crippen MR) is 68.8 cm³/mol. The Kier molecular flexibility index (Phi) is 4.66. The van der Waals surface area contributed by atoms with E-state index in [1.165, 1.54) is 0 Å². The van der Waals surface area contributed by atoms with Gasteiger partial charge in [0.15, 0.2) is 5.78 Å². The fourth-order valence-corrected chi connectivity index (χ4v) is 2.22. The molecule has 1 rings (SSSR count). The Hall–Kier alpha value is 0.190. The second-order valence-corrected chi connectivity index (χ2v) is 4.65. The Bertz CT molecular complexity index is 368. The number of carbonyl (C=O) groups is 1. The first-order valence-corrected chi connectivity index (χ1v) is 6.30. The summed E-state index contributed by atoms with van der Waals surface area (Å²) in [6.07, 6.45) is 0. The van der Waals surface area contributed by atoms with Crippen LogP contribution in [0, 0.1) is 3.57 Å².